The minimum absolute atomic E-state index is 0.199. The van der Waals surface area contributed by atoms with Gasteiger partial charge in [-0.3, -0.25) is 18.6 Å². The molecule has 3 unspecified atom stereocenters. The molecule has 0 spiro atoms. The van der Waals surface area contributed by atoms with E-state index < -0.39 is 58.4 Å². The van der Waals surface area contributed by atoms with Crippen molar-refractivity contribution in [1.82, 2.24) is 0 Å². The Morgan fingerprint density at radius 3 is 0.770 bits per heavy atom. The molecule has 0 aliphatic carbocycles. The van der Waals surface area contributed by atoms with E-state index >= 15 is 0 Å². The number of esters is 2. The van der Waals surface area contributed by atoms with Gasteiger partial charge in [-0.1, -0.05) is 245 Å². The molecular formula is C50H99O10P. The van der Waals surface area contributed by atoms with E-state index in [1.54, 1.807) is 0 Å². The van der Waals surface area contributed by atoms with Crippen LogP contribution in [-0.2, 0) is 32.7 Å². The largest absolute Gasteiger partial charge is 0.472 e. The van der Waals surface area contributed by atoms with Crippen LogP contribution >= 0.6 is 7.82 Å². The summed E-state index contributed by atoms with van der Waals surface area (Å²) >= 11 is 0. The quantitative estimate of drug-likeness (QED) is 0.0306. The van der Waals surface area contributed by atoms with Gasteiger partial charge in [0.2, 0.25) is 0 Å². The third-order valence-electron chi connectivity index (χ3n) is 11.8. The number of ether oxygens (including phenoxy) is 2. The van der Waals surface area contributed by atoms with Gasteiger partial charge in [0.1, 0.15) is 12.2 Å². The molecule has 0 aromatic carbocycles. The number of aliphatic hydroxyl groups excluding tert-OH is 2. The van der Waals surface area contributed by atoms with Crippen LogP contribution in [0.3, 0.4) is 0 Å². The standard InChI is InChI=1S/C50H99O10P/c1-3-5-7-9-11-13-15-17-19-20-21-22-23-24-25-26-27-28-30-32-34-36-38-40-42-50(54)60-48(44-52)46-58-61(55,56)57-45-47(43-51)59-49(53)41-39-37-35-33-31-29-18-16-14-12-10-8-6-4-2/h47-48,51-52H,3-46H2,1-2H3,(H,55,56). The van der Waals surface area contributed by atoms with Crippen molar-refractivity contribution in [2.45, 2.75) is 283 Å². The van der Waals surface area contributed by atoms with Gasteiger partial charge in [-0.05, 0) is 12.8 Å². The first kappa shape index (κ1) is 60.0. The molecule has 10 nitrogen and oxygen atoms in total. The maximum Gasteiger partial charge on any atom is 0.472 e. The van der Waals surface area contributed by atoms with Crippen molar-refractivity contribution in [1.29, 1.82) is 0 Å². The summed E-state index contributed by atoms with van der Waals surface area (Å²) < 4.78 is 32.7. The van der Waals surface area contributed by atoms with Crippen LogP contribution in [0, 0.1) is 0 Å². The predicted octanol–water partition coefficient (Wildman–Crippen LogP) is 14.6. The van der Waals surface area contributed by atoms with E-state index in [0.717, 1.165) is 38.5 Å². The molecule has 0 heterocycles. The summed E-state index contributed by atoms with van der Waals surface area (Å²) in [5.74, 6) is -1.00. The number of rotatable bonds is 50. The maximum absolute atomic E-state index is 12.4. The molecule has 0 radical (unpaired) electrons. The van der Waals surface area contributed by atoms with Crippen LogP contribution in [0.4, 0.5) is 0 Å². The number of hydrogen-bond donors (Lipinski definition) is 3. The van der Waals surface area contributed by atoms with Crippen LogP contribution in [0.25, 0.3) is 0 Å². The van der Waals surface area contributed by atoms with Gasteiger partial charge in [-0.25, -0.2) is 4.57 Å². The van der Waals surface area contributed by atoms with Crippen molar-refractivity contribution < 1.29 is 47.8 Å². The second-order valence-corrected chi connectivity index (χ2v) is 19.3. The lowest BCUT2D eigenvalue weighted by Crippen LogP contribution is -2.28. The molecule has 0 aliphatic heterocycles. The Kier molecular flexibility index (Phi) is 46.2. The van der Waals surface area contributed by atoms with Crippen LogP contribution in [-0.4, -0.2) is 65.7 Å². The monoisotopic (exact) mass is 891 g/mol. The fraction of sp³-hybridized carbons (Fsp3) is 0.960. The summed E-state index contributed by atoms with van der Waals surface area (Å²) in [6.07, 6.45) is 46.6. The van der Waals surface area contributed by atoms with E-state index in [4.69, 9.17) is 18.5 Å². The van der Waals surface area contributed by atoms with E-state index in [1.807, 2.05) is 0 Å². The number of unbranched alkanes of at least 4 members (excludes halogenated alkanes) is 36. The van der Waals surface area contributed by atoms with Gasteiger partial charge < -0.3 is 24.6 Å². The molecule has 0 fully saturated rings. The molecule has 0 saturated carbocycles. The van der Waals surface area contributed by atoms with Gasteiger partial charge in [0.15, 0.2) is 0 Å². The summed E-state index contributed by atoms with van der Waals surface area (Å²) in [5, 5.41) is 19.2. The van der Waals surface area contributed by atoms with E-state index in [1.165, 1.54) is 193 Å². The number of aliphatic hydroxyl groups is 2. The van der Waals surface area contributed by atoms with Crippen molar-refractivity contribution in [2.24, 2.45) is 0 Å². The number of phosphoric ester groups is 1. The molecule has 0 rings (SSSR count). The average Bonchev–Trinajstić information content (AvgIpc) is 3.25. The summed E-state index contributed by atoms with van der Waals surface area (Å²) in [5.41, 5.74) is 0. The number of carbonyl (C=O) groups excluding carboxylic acids is 2. The van der Waals surface area contributed by atoms with Gasteiger partial charge in [-0.2, -0.15) is 0 Å². The van der Waals surface area contributed by atoms with E-state index in [0.29, 0.717) is 12.8 Å². The minimum atomic E-state index is -4.63. The SMILES string of the molecule is CCCCCCCCCCCCCCCCCCCCCCCCCCC(=O)OC(CO)COP(=O)(O)OCC(CO)OC(=O)CCCCCCCCCCCCCCCC. The van der Waals surface area contributed by atoms with Crippen LogP contribution in [0.1, 0.15) is 271 Å². The van der Waals surface area contributed by atoms with Crippen molar-refractivity contribution >= 4 is 19.8 Å². The molecule has 11 heteroatoms. The Balaban J connectivity index is 3.75. The maximum atomic E-state index is 12.4. The Morgan fingerprint density at radius 1 is 0.377 bits per heavy atom. The van der Waals surface area contributed by atoms with Gasteiger partial charge >= 0.3 is 19.8 Å². The first-order valence-corrected chi connectivity index (χ1v) is 27.5. The lowest BCUT2D eigenvalue weighted by atomic mass is 10.0. The van der Waals surface area contributed by atoms with Crippen molar-refractivity contribution in [2.75, 3.05) is 26.4 Å². The van der Waals surface area contributed by atoms with Gasteiger partial charge in [0, 0.05) is 12.8 Å². The zero-order valence-corrected chi connectivity index (χ0v) is 40.8. The molecule has 3 N–H and O–H groups in total. The van der Waals surface area contributed by atoms with Crippen LogP contribution < -0.4 is 0 Å². The minimum Gasteiger partial charge on any atom is -0.457 e. The van der Waals surface area contributed by atoms with Crippen LogP contribution in [0.2, 0.25) is 0 Å². The third kappa shape index (κ3) is 45.3. The summed E-state index contributed by atoms with van der Waals surface area (Å²) in [6, 6.07) is 0. The topological polar surface area (TPSA) is 149 Å². The lowest BCUT2D eigenvalue weighted by Gasteiger charge is -2.20. The van der Waals surface area contributed by atoms with E-state index in [-0.39, 0.29) is 12.8 Å². The molecular weight excluding hydrogens is 792 g/mol. The van der Waals surface area contributed by atoms with Crippen molar-refractivity contribution in [3.05, 3.63) is 0 Å². The van der Waals surface area contributed by atoms with Crippen molar-refractivity contribution in [3.63, 3.8) is 0 Å². The Bertz CT molecular complexity index is 982. The van der Waals surface area contributed by atoms with E-state index in [2.05, 4.69) is 13.8 Å². The fourth-order valence-electron chi connectivity index (χ4n) is 7.83. The van der Waals surface area contributed by atoms with Crippen LogP contribution in [0.15, 0.2) is 0 Å². The second-order valence-electron chi connectivity index (χ2n) is 17.9. The first-order valence-electron chi connectivity index (χ1n) is 26.0. The molecule has 364 valence electrons. The molecule has 0 saturated heterocycles. The number of phosphoric acid groups is 1. The lowest BCUT2D eigenvalue weighted by molar-refractivity contribution is -0.153. The Morgan fingerprint density at radius 2 is 0.574 bits per heavy atom. The fourth-order valence-corrected chi connectivity index (χ4v) is 8.61. The highest BCUT2D eigenvalue weighted by molar-refractivity contribution is 7.47. The highest BCUT2D eigenvalue weighted by atomic mass is 31.2. The Labute approximate surface area is 375 Å². The molecule has 3 atom stereocenters. The van der Waals surface area contributed by atoms with E-state index in [9.17, 15) is 29.3 Å². The molecule has 0 amide bonds. The zero-order chi connectivity index (χ0) is 44.8. The summed E-state index contributed by atoms with van der Waals surface area (Å²) in [4.78, 5) is 34.6. The van der Waals surface area contributed by atoms with Crippen LogP contribution in [0.5, 0.6) is 0 Å². The number of hydrogen-bond acceptors (Lipinski definition) is 9. The van der Waals surface area contributed by atoms with Crippen molar-refractivity contribution in [3.8, 4) is 0 Å². The average molecular weight is 891 g/mol. The molecule has 0 bridgehead atoms. The third-order valence-corrected chi connectivity index (χ3v) is 12.8. The second kappa shape index (κ2) is 46.9. The van der Waals surface area contributed by atoms with Gasteiger partial charge in [0.25, 0.3) is 0 Å². The normalized spacial score (nSPS) is 13.6. The molecule has 0 aliphatic rings. The highest BCUT2D eigenvalue weighted by Crippen LogP contribution is 2.43. The first-order chi connectivity index (χ1) is 29.8. The number of carbonyl (C=O) groups is 2. The molecule has 0 aromatic rings. The van der Waals surface area contributed by atoms with Gasteiger partial charge in [0.05, 0.1) is 26.4 Å². The summed E-state index contributed by atoms with van der Waals surface area (Å²) in [7, 11) is -4.63. The smallest absolute Gasteiger partial charge is 0.457 e. The Hall–Kier alpha value is -1.03. The molecule has 0 aromatic heterocycles. The summed E-state index contributed by atoms with van der Waals surface area (Å²) in [6.45, 7) is 2.28. The zero-order valence-electron chi connectivity index (χ0n) is 39.9. The predicted molar refractivity (Wildman–Crippen MR) is 252 cm³/mol. The highest BCUT2D eigenvalue weighted by Gasteiger charge is 2.27. The van der Waals surface area contributed by atoms with Gasteiger partial charge in [-0.15, -0.1) is 0 Å². The molecule has 61 heavy (non-hydrogen) atoms.